The Balaban J connectivity index is 1.28. The first-order valence-electron chi connectivity index (χ1n) is 15.1. The lowest BCUT2D eigenvalue weighted by molar-refractivity contribution is 0.258. The molecule has 2 aromatic heterocycles. The van der Waals surface area contributed by atoms with Gasteiger partial charge in [0.25, 0.3) is 0 Å². The molecule has 1 fully saturated rings. The van der Waals surface area contributed by atoms with Gasteiger partial charge in [0.1, 0.15) is 51.7 Å². The molecule has 2 aliphatic rings. The molecule has 13 heteroatoms. The molecular weight excluding hydrogens is 679 g/mol. The molecule has 0 saturated carbocycles. The Kier molecular flexibility index (Phi) is 9.39. The van der Waals surface area contributed by atoms with Crippen molar-refractivity contribution in [1.82, 2.24) is 14.9 Å². The first kappa shape index (κ1) is 32.3. The molecule has 3 aromatic carbocycles. The van der Waals surface area contributed by atoms with Crippen LogP contribution < -0.4 is 9.64 Å². The van der Waals surface area contributed by atoms with E-state index < -0.39 is 9.84 Å². The summed E-state index contributed by atoms with van der Waals surface area (Å²) < 4.78 is 50.3. The number of fused-ring (bicyclic) bond motifs is 5. The van der Waals surface area contributed by atoms with Crippen molar-refractivity contribution in [3.05, 3.63) is 101 Å². The molecule has 1 saturated heterocycles. The highest BCUT2D eigenvalue weighted by Crippen LogP contribution is 2.42. The molecule has 0 spiro atoms. The molecule has 244 valence electrons. The number of furan rings is 1. The van der Waals surface area contributed by atoms with E-state index in [0.29, 0.717) is 42.5 Å². The minimum Gasteiger partial charge on any atom is -0.487 e. The highest BCUT2D eigenvalue weighted by molar-refractivity contribution is 8.19. The zero-order valence-corrected chi connectivity index (χ0v) is 28.7. The molecule has 2 aliphatic heterocycles. The van der Waals surface area contributed by atoms with Crippen LogP contribution in [0, 0.1) is 5.82 Å². The Morgan fingerprint density at radius 3 is 2.68 bits per heavy atom. The predicted octanol–water partition coefficient (Wildman–Crippen LogP) is 7.43. The van der Waals surface area contributed by atoms with Gasteiger partial charge in [-0.3, -0.25) is 4.90 Å². The van der Waals surface area contributed by atoms with Gasteiger partial charge in [-0.05, 0) is 66.2 Å². The van der Waals surface area contributed by atoms with Crippen LogP contribution in [0.5, 0.6) is 5.75 Å². The number of halogens is 2. The third-order valence-electron chi connectivity index (χ3n) is 8.26. The van der Waals surface area contributed by atoms with Crippen LogP contribution in [0.25, 0.3) is 22.2 Å². The van der Waals surface area contributed by atoms with E-state index in [1.165, 1.54) is 18.4 Å². The monoisotopic (exact) mass is 710 g/mol. The number of nitrogens with zero attached hydrogens (tertiary/aromatic N) is 4. The van der Waals surface area contributed by atoms with Gasteiger partial charge in [-0.15, -0.1) is 23.5 Å². The van der Waals surface area contributed by atoms with Crippen molar-refractivity contribution in [2.24, 2.45) is 0 Å². The molecule has 5 aromatic rings. The van der Waals surface area contributed by atoms with E-state index in [1.54, 1.807) is 18.5 Å². The van der Waals surface area contributed by atoms with Gasteiger partial charge in [0.05, 0.1) is 22.8 Å². The van der Waals surface area contributed by atoms with Crippen LogP contribution in [0.15, 0.2) is 83.5 Å². The van der Waals surface area contributed by atoms with Gasteiger partial charge in [0.15, 0.2) is 0 Å². The molecule has 47 heavy (non-hydrogen) atoms. The quantitative estimate of drug-likeness (QED) is 0.170. The van der Waals surface area contributed by atoms with Gasteiger partial charge < -0.3 is 14.1 Å². The van der Waals surface area contributed by atoms with E-state index in [2.05, 4.69) is 20.9 Å². The fraction of sp³-hybridized carbons (Fsp3) is 0.294. The maximum Gasteiger partial charge on any atom is 0.148 e. The summed E-state index contributed by atoms with van der Waals surface area (Å²) in [4.78, 5) is 13.8. The molecule has 2 atom stereocenters. The smallest absolute Gasteiger partial charge is 0.148 e. The van der Waals surface area contributed by atoms with E-state index in [9.17, 15) is 12.8 Å². The van der Waals surface area contributed by atoms with E-state index in [-0.39, 0.29) is 28.7 Å². The van der Waals surface area contributed by atoms with Crippen molar-refractivity contribution in [3.63, 3.8) is 0 Å². The molecule has 8 nitrogen and oxygen atoms in total. The van der Waals surface area contributed by atoms with Gasteiger partial charge in [0, 0.05) is 58.1 Å². The maximum absolute atomic E-state index is 13.7. The second-order valence-electron chi connectivity index (χ2n) is 11.7. The van der Waals surface area contributed by atoms with Crippen LogP contribution in [0.1, 0.15) is 11.3 Å². The SMILES string of the molecule is CS(=O)(=O)CCN1Cc2ccc(o2)-c2ccc3ncnc(c3c2)N(c2ccc(OCc3cccc(F)c3)c(Cl)c2)C[C@H]2SCSC2C1. The number of hydrogen-bond donors (Lipinski definition) is 0. The number of anilines is 2. The lowest BCUT2D eigenvalue weighted by Gasteiger charge is -2.32. The van der Waals surface area contributed by atoms with Crippen LogP contribution in [0.2, 0.25) is 5.02 Å². The number of benzene rings is 3. The molecule has 4 bridgehead atoms. The van der Waals surface area contributed by atoms with Crippen LogP contribution in [0.4, 0.5) is 15.9 Å². The fourth-order valence-corrected chi connectivity index (χ4v) is 10.0. The number of thioether (sulfide) groups is 2. The zero-order valence-electron chi connectivity index (χ0n) is 25.5. The standard InChI is InChI=1S/C34H32ClFN4O4S3/c1-47(41,42)12-11-39-16-26-7-10-30(44-26)23-5-8-29-27(14-23)34(38-20-37-29)40(18-33-32(17-39)45-21-46-33)25-6-9-31(28(35)15-25)43-19-22-3-2-4-24(36)13-22/h2-10,13-15,20,32-33H,11-12,16-19,21H2,1H3/t32?,33-/m1/s1. The van der Waals surface area contributed by atoms with E-state index >= 15 is 0 Å². The molecular formula is C34H32ClFN4O4S3. The summed E-state index contributed by atoms with van der Waals surface area (Å²) in [6, 6.07) is 21.9. The molecule has 0 radical (unpaired) electrons. The van der Waals surface area contributed by atoms with Crippen LogP contribution in [-0.4, -0.2) is 70.5 Å². The summed E-state index contributed by atoms with van der Waals surface area (Å²) in [7, 11) is -3.14. The molecule has 0 N–H and O–H groups in total. The molecule has 1 unspecified atom stereocenters. The minimum atomic E-state index is -3.14. The predicted molar refractivity (Wildman–Crippen MR) is 189 cm³/mol. The van der Waals surface area contributed by atoms with Crippen LogP contribution in [0.3, 0.4) is 0 Å². The summed E-state index contributed by atoms with van der Waals surface area (Å²) in [5, 5.41) is 2.66. The normalized spacial score (nSPS) is 18.7. The van der Waals surface area contributed by atoms with Crippen molar-refractivity contribution in [3.8, 4) is 17.1 Å². The summed E-state index contributed by atoms with van der Waals surface area (Å²) in [6.07, 6.45) is 2.86. The van der Waals surface area contributed by atoms with Crippen molar-refractivity contribution < 1.29 is 22.0 Å². The van der Waals surface area contributed by atoms with Crippen molar-refractivity contribution in [1.29, 1.82) is 0 Å². The fourth-order valence-electron chi connectivity index (χ4n) is 5.86. The average Bonchev–Trinajstić information content (AvgIpc) is 3.70. The Labute approximate surface area is 286 Å². The average molecular weight is 711 g/mol. The number of hydrogen-bond acceptors (Lipinski definition) is 10. The lowest BCUT2D eigenvalue weighted by Crippen LogP contribution is -2.40. The van der Waals surface area contributed by atoms with E-state index in [1.807, 2.05) is 66.0 Å². The maximum atomic E-state index is 13.7. The van der Waals surface area contributed by atoms with Gasteiger partial charge in [-0.2, -0.15) is 0 Å². The number of aromatic nitrogens is 2. The summed E-state index contributed by atoms with van der Waals surface area (Å²) >= 11 is 10.6. The Morgan fingerprint density at radius 2 is 1.87 bits per heavy atom. The van der Waals surface area contributed by atoms with E-state index in [4.69, 9.17) is 25.7 Å². The Morgan fingerprint density at radius 1 is 1.02 bits per heavy atom. The van der Waals surface area contributed by atoms with Crippen molar-refractivity contribution in [2.45, 2.75) is 23.7 Å². The summed E-state index contributed by atoms with van der Waals surface area (Å²) in [6.45, 7) is 2.46. The third-order valence-corrected chi connectivity index (χ3v) is 12.6. The number of sulfone groups is 1. The molecule has 0 amide bonds. The van der Waals surface area contributed by atoms with Gasteiger partial charge in [-0.1, -0.05) is 23.7 Å². The largest absolute Gasteiger partial charge is 0.487 e. The molecule has 0 aliphatic carbocycles. The lowest BCUT2D eigenvalue weighted by atomic mass is 10.1. The highest BCUT2D eigenvalue weighted by Gasteiger charge is 2.34. The Bertz CT molecular complexity index is 2030. The second kappa shape index (κ2) is 13.7. The number of rotatable bonds is 7. The summed E-state index contributed by atoms with van der Waals surface area (Å²) in [5.74, 6) is 2.51. The third kappa shape index (κ3) is 7.57. The van der Waals surface area contributed by atoms with Crippen LogP contribution in [-0.2, 0) is 23.0 Å². The molecule has 7 rings (SSSR count). The van der Waals surface area contributed by atoms with Crippen molar-refractivity contribution >= 4 is 67.4 Å². The number of ether oxygens (including phenoxy) is 1. The van der Waals surface area contributed by atoms with Crippen LogP contribution >= 0.6 is 35.1 Å². The van der Waals surface area contributed by atoms with Gasteiger partial charge in [-0.25, -0.2) is 22.8 Å². The van der Waals surface area contributed by atoms with Crippen molar-refractivity contribution in [2.75, 3.05) is 41.6 Å². The first-order chi connectivity index (χ1) is 22.7. The topological polar surface area (TPSA) is 88.8 Å². The highest BCUT2D eigenvalue weighted by atomic mass is 35.5. The zero-order chi connectivity index (χ0) is 32.5. The minimum absolute atomic E-state index is 0.0784. The molecule has 4 heterocycles. The van der Waals surface area contributed by atoms with Gasteiger partial charge >= 0.3 is 0 Å². The van der Waals surface area contributed by atoms with Gasteiger partial charge in [0.2, 0.25) is 0 Å². The Hall–Kier alpha value is -3.29. The second-order valence-corrected chi connectivity index (χ2v) is 17.2. The summed E-state index contributed by atoms with van der Waals surface area (Å²) in [5.41, 5.74) is 3.25. The van der Waals surface area contributed by atoms with E-state index in [0.717, 1.165) is 44.6 Å². The first-order valence-corrected chi connectivity index (χ1v) is 19.6.